The maximum Gasteiger partial charge on any atom is 0.283 e. The molecule has 0 spiro atoms. The molecule has 2 aliphatic rings. The van der Waals surface area contributed by atoms with Gasteiger partial charge in [0.15, 0.2) is 5.84 Å². The summed E-state index contributed by atoms with van der Waals surface area (Å²) in [4.78, 5) is 17.1. The second kappa shape index (κ2) is 10.1. The summed E-state index contributed by atoms with van der Waals surface area (Å²) in [5.74, 6) is 0.542. The van der Waals surface area contributed by atoms with Gasteiger partial charge < -0.3 is 9.30 Å². The Morgan fingerprint density at radius 3 is 2.81 bits per heavy atom. The Kier molecular flexibility index (Phi) is 6.78. The van der Waals surface area contributed by atoms with E-state index in [0.717, 1.165) is 46.5 Å². The number of para-hydroxylation sites is 1. The van der Waals surface area contributed by atoms with Gasteiger partial charge in [-0.3, -0.25) is 10.2 Å². The van der Waals surface area contributed by atoms with E-state index in [9.17, 15) is 4.79 Å². The first-order chi connectivity index (χ1) is 17.5. The molecule has 184 valence electrons. The van der Waals surface area contributed by atoms with Crippen molar-refractivity contribution < 1.29 is 9.53 Å². The number of aromatic nitrogens is 1. The van der Waals surface area contributed by atoms with Gasteiger partial charge >= 0.3 is 0 Å². The summed E-state index contributed by atoms with van der Waals surface area (Å²) >= 11 is 1.37. The van der Waals surface area contributed by atoms with Crippen LogP contribution in [-0.4, -0.2) is 38.1 Å². The van der Waals surface area contributed by atoms with Crippen LogP contribution in [0.1, 0.15) is 43.4 Å². The minimum Gasteiger partial charge on any atom is -0.492 e. The predicted molar refractivity (Wildman–Crippen MR) is 148 cm³/mol. The summed E-state index contributed by atoms with van der Waals surface area (Å²) in [5, 5.41) is 17.0. The molecule has 0 saturated heterocycles. The molecule has 5 rings (SSSR count). The minimum absolute atomic E-state index is 0.0648. The first-order valence-corrected chi connectivity index (χ1v) is 13.1. The van der Waals surface area contributed by atoms with Crippen molar-refractivity contribution in [3.05, 3.63) is 70.9 Å². The number of amidine groups is 2. The van der Waals surface area contributed by atoms with Crippen LogP contribution in [0.2, 0.25) is 0 Å². The Labute approximate surface area is 215 Å². The zero-order chi connectivity index (χ0) is 25.2. The third kappa shape index (κ3) is 4.73. The van der Waals surface area contributed by atoms with Crippen LogP contribution < -0.4 is 4.74 Å². The average molecular weight is 500 g/mol. The van der Waals surface area contributed by atoms with E-state index in [-0.39, 0.29) is 11.4 Å². The van der Waals surface area contributed by atoms with E-state index in [4.69, 9.17) is 10.1 Å². The molecule has 36 heavy (non-hydrogen) atoms. The SMILES string of the molecule is CCCC1=NN2C(=N)/C(=C\c3cn(CCOc4cc(C)cc(CC)c4)c4ccccc34)C(=O)N=C2S1. The molecule has 1 aromatic heterocycles. The van der Waals surface area contributed by atoms with Crippen molar-refractivity contribution in [3.8, 4) is 5.75 Å². The number of hydrazone groups is 1. The number of rotatable bonds is 8. The minimum atomic E-state index is -0.405. The molecule has 0 radical (unpaired) electrons. The number of amides is 1. The fraction of sp³-hybridized carbons (Fsp3) is 0.286. The summed E-state index contributed by atoms with van der Waals surface area (Å²) in [5.41, 5.74) is 4.61. The topological polar surface area (TPSA) is 83.0 Å². The lowest BCUT2D eigenvalue weighted by molar-refractivity contribution is -0.114. The molecule has 0 aliphatic carbocycles. The van der Waals surface area contributed by atoms with Gasteiger partial charge in [0.25, 0.3) is 5.91 Å². The maximum absolute atomic E-state index is 12.9. The smallest absolute Gasteiger partial charge is 0.283 e. The van der Waals surface area contributed by atoms with Crippen LogP contribution in [0.15, 0.2) is 64.3 Å². The number of benzene rings is 2. The molecule has 0 bridgehead atoms. The van der Waals surface area contributed by atoms with Crippen molar-refractivity contribution in [2.24, 2.45) is 10.1 Å². The van der Waals surface area contributed by atoms with E-state index in [0.29, 0.717) is 18.3 Å². The van der Waals surface area contributed by atoms with Gasteiger partial charge in [-0.15, -0.1) is 0 Å². The van der Waals surface area contributed by atoms with Gasteiger partial charge in [0.1, 0.15) is 17.4 Å². The number of hydrogen-bond donors (Lipinski definition) is 1. The van der Waals surface area contributed by atoms with Crippen LogP contribution >= 0.6 is 11.8 Å². The molecule has 7 nitrogen and oxygen atoms in total. The second-order valence-electron chi connectivity index (χ2n) is 8.92. The number of aliphatic imine (C=N–C) groups is 1. The summed E-state index contributed by atoms with van der Waals surface area (Å²) in [7, 11) is 0. The summed E-state index contributed by atoms with van der Waals surface area (Å²) < 4.78 is 8.22. The summed E-state index contributed by atoms with van der Waals surface area (Å²) in [6.07, 6.45) is 6.50. The second-order valence-corrected chi connectivity index (χ2v) is 9.96. The molecule has 0 fully saturated rings. The van der Waals surface area contributed by atoms with Gasteiger partial charge in [-0.05, 0) is 73.4 Å². The van der Waals surface area contributed by atoms with Crippen molar-refractivity contribution >= 4 is 50.7 Å². The highest BCUT2D eigenvalue weighted by atomic mass is 32.2. The van der Waals surface area contributed by atoms with Crippen LogP contribution in [-0.2, 0) is 17.8 Å². The molecule has 1 amide bonds. The zero-order valence-corrected chi connectivity index (χ0v) is 21.6. The van der Waals surface area contributed by atoms with Gasteiger partial charge in [0.05, 0.1) is 12.1 Å². The zero-order valence-electron chi connectivity index (χ0n) is 20.7. The fourth-order valence-corrected chi connectivity index (χ4v) is 5.44. The quantitative estimate of drug-likeness (QED) is 0.385. The van der Waals surface area contributed by atoms with E-state index in [2.05, 4.69) is 59.7 Å². The summed E-state index contributed by atoms with van der Waals surface area (Å²) in [6, 6.07) is 14.4. The van der Waals surface area contributed by atoms with Crippen molar-refractivity contribution in [1.82, 2.24) is 9.58 Å². The highest BCUT2D eigenvalue weighted by molar-refractivity contribution is 8.26. The Hall–Kier alpha value is -3.65. The Bertz CT molecular complexity index is 1450. The molecule has 0 unspecified atom stereocenters. The van der Waals surface area contributed by atoms with E-state index >= 15 is 0 Å². The first-order valence-electron chi connectivity index (χ1n) is 12.3. The molecule has 0 atom stereocenters. The number of ether oxygens (including phenoxy) is 1. The highest BCUT2D eigenvalue weighted by Gasteiger charge is 2.35. The monoisotopic (exact) mass is 499 g/mol. The molecule has 0 saturated carbocycles. The number of hydrogen-bond acceptors (Lipinski definition) is 5. The van der Waals surface area contributed by atoms with Gasteiger partial charge in [-0.1, -0.05) is 38.1 Å². The predicted octanol–water partition coefficient (Wildman–Crippen LogP) is 6.01. The van der Waals surface area contributed by atoms with Gasteiger partial charge in [0.2, 0.25) is 5.17 Å². The van der Waals surface area contributed by atoms with Crippen LogP contribution in [0.3, 0.4) is 0 Å². The van der Waals surface area contributed by atoms with Gasteiger partial charge in [0, 0.05) is 22.7 Å². The molecule has 2 aromatic carbocycles. The standard InChI is InChI=1S/C28H29N5O2S/c1-4-8-25-31-33-26(29)23(27(34)30-28(33)36-25)16-20-17-32(24-10-7-6-9-22(20)24)11-12-35-21-14-18(3)13-19(5-2)15-21/h6-7,9-10,13-17,29H,4-5,8,11-12H2,1-3H3/b23-16+,29-26?. The largest absolute Gasteiger partial charge is 0.492 e. The van der Waals surface area contributed by atoms with Crippen molar-refractivity contribution in [3.63, 3.8) is 0 Å². The molecule has 3 aromatic rings. The van der Waals surface area contributed by atoms with E-state index < -0.39 is 5.91 Å². The lowest BCUT2D eigenvalue weighted by atomic mass is 10.1. The number of nitrogens with zero attached hydrogens (tertiary/aromatic N) is 4. The lowest BCUT2D eigenvalue weighted by Crippen LogP contribution is -2.35. The summed E-state index contributed by atoms with van der Waals surface area (Å²) in [6.45, 7) is 7.47. The third-order valence-electron chi connectivity index (χ3n) is 6.20. The number of carbonyl (C=O) groups excluding carboxylic acids is 1. The number of carbonyl (C=O) groups is 1. The lowest BCUT2D eigenvalue weighted by Gasteiger charge is -2.20. The average Bonchev–Trinajstić information content (AvgIpc) is 3.43. The molecular formula is C28H29N5O2S. The van der Waals surface area contributed by atoms with Crippen molar-refractivity contribution in [2.45, 2.75) is 46.6 Å². The number of aryl methyl sites for hydroxylation is 2. The van der Waals surface area contributed by atoms with Crippen molar-refractivity contribution in [2.75, 3.05) is 6.61 Å². The molecule has 2 aliphatic heterocycles. The van der Waals surface area contributed by atoms with Crippen LogP contribution in [0.5, 0.6) is 5.75 Å². The van der Waals surface area contributed by atoms with Crippen LogP contribution in [0.25, 0.3) is 17.0 Å². The number of thioether (sulfide) groups is 1. The Morgan fingerprint density at radius 2 is 2.00 bits per heavy atom. The molecule has 8 heteroatoms. The van der Waals surface area contributed by atoms with Gasteiger partial charge in [-0.2, -0.15) is 15.1 Å². The van der Waals surface area contributed by atoms with Gasteiger partial charge in [-0.25, -0.2) is 0 Å². The van der Waals surface area contributed by atoms with Crippen LogP contribution in [0, 0.1) is 12.3 Å². The number of nitrogens with one attached hydrogen (secondary N) is 1. The Morgan fingerprint density at radius 1 is 1.17 bits per heavy atom. The fourth-order valence-electron chi connectivity index (χ4n) is 4.45. The third-order valence-corrected chi connectivity index (χ3v) is 7.17. The molecule has 1 N–H and O–H groups in total. The van der Waals surface area contributed by atoms with E-state index in [1.165, 1.54) is 27.9 Å². The van der Waals surface area contributed by atoms with Crippen molar-refractivity contribution in [1.29, 1.82) is 5.41 Å². The normalized spacial score (nSPS) is 16.5. The molecular weight excluding hydrogens is 470 g/mol. The maximum atomic E-state index is 12.9. The highest BCUT2D eigenvalue weighted by Crippen LogP contribution is 2.31. The van der Waals surface area contributed by atoms with Crippen LogP contribution in [0.4, 0.5) is 0 Å². The van der Waals surface area contributed by atoms with E-state index in [1.807, 2.05) is 24.4 Å². The van der Waals surface area contributed by atoms with E-state index in [1.54, 1.807) is 6.08 Å². The molecule has 3 heterocycles. The first kappa shape index (κ1) is 24.1. The Balaban J connectivity index is 1.40. The number of fused-ring (bicyclic) bond motifs is 2.